The van der Waals surface area contributed by atoms with Crippen LogP contribution in [0.15, 0.2) is 48.8 Å². The molecule has 244 valence electrons. The van der Waals surface area contributed by atoms with E-state index in [2.05, 4.69) is 64.6 Å². The Hall–Kier alpha value is -4.57. The Balaban J connectivity index is 1.30. The van der Waals surface area contributed by atoms with Crippen molar-refractivity contribution in [2.45, 2.75) is 51.3 Å². The maximum absolute atomic E-state index is 13.8. The average molecular weight is 651 g/mol. The number of benzene rings is 1. The van der Waals surface area contributed by atoms with Gasteiger partial charge in [0.15, 0.2) is 11.5 Å². The monoisotopic (exact) mass is 650 g/mol. The van der Waals surface area contributed by atoms with Gasteiger partial charge < -0.3 is 28.8 Å². The number of aromatic amines is 1. The first kappa shape index (κ1) is 32.4. The molecule has 0 atom stereocenters. The summed E-state index contributed by atoms with van der Waals surface area (Å²) < 4.78 is 13.7. The molecule has 12 heteroatoms. The van der Waals surface area contributed by atoms with Gasteiger partial charge in [-0.25, -0.2) is 15.0 Å². The molecule has 0 unspecified atom stereocenters. The van der Waals surface area contributed by atoms with Crippen molar-refractivity contribution < 1.29 is 14.3 Å². The standard InChI is InChI=1S/C35H42N8O3Si/c1-41(2)25-11-14-42(15-12-25)30-10-9-28-33(39-30)40-34(38-28)32(44)23-7-8-24(20-36)27(19-23)31-26-13-16-43(22-46-17-18-47(4,5)6)29(26)21-37-35(31)45-3/h7-10,13,16,19,21,25H,11-12,14-15,17-18,22H2,1-6H3,(H,38,39,40). The summed E-state index contributed by atoms with van der Waals surface area (Å²) in [6, 6.07) is 14.8. The third-order valence-corrected chi connectivity index (χ3v) is 10.7. The Morgan fingerprint density at radius 2 is 1.91 bits per heavy atom. The number of anilines is 1. The zero-order valence-electron chi connectivity index (χ0n) is 28.0. The fourth-order valence-corrected chi connectivity index (χ4v) is 6.87. The van der Waals surface area contributed by atoms with E-state index in [1.54, 1.807) is 31.5 Å². The summed E-state index contributed by atoms with van der Waals surface area (Å²) in [5.74, 6) is 1.14. The molecule has 1 aliphatic rings. The number of carbonyl (C=O) groups is 1. The van der Waals surface area contributed by atoms with E-state index in [0.29, 0.717) is 58.7 Å². The van der Waals surface area contributed by atoms with Crippen molar-refractivity contribution in [1.82, 2.24) is 29.4 Å². The molecule has 0 spiro atoms. The number of nitrogens with one attached hydrogen (secondary N) is 1. The van der Waals surface area contributed by atoms with E-state index in [9.17, 15) is 10.1 Å². The van der Waals surface area contributed by atoms with Crippen LogP contribution in [-0.2, 0) is 11.5 Å². The highest BCUT2D eigenvalue weighted by molar-refractivity contribution is 6.76. The van der Waals surface area contributed by atoms with Crippen LogP contribution in [-0.4, -0.2) is 90.2 Å². The van der Waals surface area contributed by atoms with Crippen molar-refractivity contribution in [2.75, 3.05) is 45.8 Å². The van der Waals surface area contributed by atoms with E-state index in [-0.39, 0.29) is 11.6 Å². The normalized spacial score (nSPS) is 14.3. The maximum atomic E-state index is 13.8. The van der Waals surface area contributed by atoms with Gasteiger partial charge in [-0.05, 0) is 69.4 Å². The highest BCUT2D eigenvalue weighted by Crippen LogP contribution is 2.38. The number of ketones is 1. The smallest absolute Gasteiger partial charge is 0.228 e. The average Bonchev–Trinajstić information content (AvgIpc) is 3.69. The second-order valence-electron chi connectivity index (χ2n) is 13.6. The highest BCUT2D eigenvalue weighted by atomic mass is 28.3. The molecular formula is C35H42N8O3Si. The van der Waals surface area contributed by atoms with Crippen molar-refractivity contribution in [3.63, 3.8) is 0 Å². The Morgan fingerprint density at radius 3 is 2.62 bits per heavy atom. The van der Waals surface area contributed by atoms with Gasteiger partial charge in [-0.2, -0.15) is 5.26 Å². The molecule has 1 N–H and O–H groups in total. The highest BCUT2D eigenvalue weighted by Gasteiger charge is 2.24. The minimum atomic E-state index is -1.21. The number of piperidine rings is 1. The van der Waals surface area contributed by atoms with E-state index in [1.165, 1.54) is 0 Å². The number of methoxy groups -OCH3 is 1. The first-order chi connectivity index (χ1) is 22.6. The molecule has 0 aliphatic carbocycles. The second-order valence-corrected chi connectivity index (χ2v) is 19.2. The summed E-state index contributed by atoms with van der Waals surface area (Å²) in [6.07, 6.45) is 5.85. The maximum Gasteiger partial charge on any atom is 0.228 e. The minimum Gasteiger partial charge on any atom is -0.481 e. The fraction of sp³-hybridized carbons (Fsp3) is 0.400. The molecule has 1 fully saturated rings. The molecule has 0 radical (unpaired) electrons. The zero-order valence-corrected chi connectivity index (χ0v) is 29.0. The summed E-state index contributed by atoms with van der Waals surface area (Å²) in [5, 5.41) is 10.9. The van der Waals surface area contributed by atoms with Gasteiger partial charge in [0.05, 0.1) is 36.0 Å². The van der Waals surface area contributed by atoms with Gasteiger partial charge in [0.2, 0.25) is 11.7 Å². The van der Waals surface area contributed by atoms with Crippen LogP contribution in [0.1, 0.15) is 34.6 Å². The predicted molar refractivity (Wildman–Crippen MR) is 187 cm³/mol. The summed E-state index contributed by atoms with van der Waals surface area (Å²) >= 11 is 0. The topological polar surface area (TPSA) is 125 Å². The van der Waals surface area contributed by atoms with E-state index < -0.39 is 8.07 Å². The molecule has 5 aromatic rings. The predicted octanol–water partition coefficient (Wildman–Crippen LogP) is 5.93. The Kier molecular flexibility index (Phi) is 9.14. The first-order valence-corrected chi connectivity index (χ1v) is 19.7. The summed E-state index contributed by atoms with van der Waals surface area (Å²) in [5.41, 5.74) is 4.03. The summed E-state index contributed by atoms with van der Waals surface area (Å²) in [4.78, 5) is 35.5. The largest absolute Gasteiger partial charge is 0.481 e. The fourth-order valence-electron chi connectivity index (χ4n) is 6.11. The minimum absolute atomic E-state index is 0.191. The number of ether oxygens (including phenoxy) is 2. The van der Waals surface area contributed by atoms with Crippen LogP contribution in [0.3, 0.4) is 0 Å². The van der Waals surface area contributed by atoms with Gasteiger partial charge >= 0.3 is 0 Å². The van der Waals surface area contributed by atoms with Crippen molar-refractivity contribution in [3.8, 4) is 23.1 Å². The quantitative estimate of drug-likeness (QED) is 0.105. The van der Waals surface area contributed by atoms with Crippen LogP contribution in [0, 0.1) is 11.3 Å². The van der Waals surface area contributed by atoms with Crippen molar-refractivity contribution >= 4 is 41.7 Å². The van der Waals surface area contributed by atoms with E-state index >= 15 is 0 Å². The third-order valence-electron chi connectivity index (χ3n) is 8.95. The number of nitrogens with zero attached hydrogens (tertiary/aromatic N) is 7. The number of H-pyrrole nitrogens is 1. The van der Waals surface area contributed by atoms with Crippen LogP contribution in [0.5, 0.6) is 5.88 Å². The van der Waals surface area contributed by atoms with Crippen molar-refractivity contribution in [1.29, 1.82) is 5.26 Å². The lowest BCUT2D eigenvalue weighted by atomic mass is 9.95. The molecule has 11 nitrogen and oxygen atoms in total. The van der Waals surface area contributed by atoms with Crippen molar-refractivity contribution in [2.24, 2.45) is 0 Å². The van der Waals surface area contributed by atoms with Crippen LogP contribution in [0.2, 0.25) is 25.7 Å². The molecule has 47 heavy (non-hydrogen) atoms. The number of hydrogen-bond acceptors (Lipinski definition) is 9. The molecule has 0 amide bonds. The van der Waals surface area contributed by atoms with Crippen LogP contribution in [0.25, 0.3) is 33.2 Å². The molecule has 1 saturated heterocycles. The lowest BCUT2D eigenvalue weighted by Crippen LogP contribution is -2.42. The number of pyridine rings is 2. The van der Waals surface area contributed by atoms with Crippen LogP contribution < -0.4 is 9.64 Å². The molecule has 4 aromatic heterocycles. The Morgan fingerprint density at radius 1 is 1.13 bits per heavy atom. The number of fused-ring (bicyclic) bond motifs is 2. The number of nitriles is 1. The van der Waals surface area contributed by atoms with Gasteiger partial charge in [0.25, 0.3) is 0 Å². The SMILES string of the molecule is COc1ncc2c(ccn2COCC[Si](C)(C)C)c1-c1cc(C(=O)c2nc3ccc(N4CCC(N(C)C)CC4)nc3[nH]2)ccc1C#N. The molecule has 1 aromatic carbocycles. The van der Waals surface area contributed by atoms with Crippen LogP contribution >= 0.6 is 0 Å². The molecule has 6 rings (SSSR count). The lowest BCUT2D eigenvalue weighted by Gasteiger charge is -2.35. The number of hydrogen-bond donors (Lipinski definition) is 1. The molecule has 0 bridgehead atoms. The van der Waals surface area contributed by atoms with Gasteiger partial charge in [-0.3, -0.25) is 4.79 Å². The first-order valence-electron chi connectivity index (χ1n) is 16.0. The zero-order chi connectivity index (χ0) is 33.3. The van der Waals surface area contributed by atoms with Gasteiger partial charge in [-0.15, -0.1) is 0 Å². The number of carbonyl (C=O) groups excluding carboxylic acids is 1. The number of rotatable bonds is 11. The van der Waals surface area contributed by atoms with Gasteiger partial charge in [-0.1, -0.05) is 19.6 Å². The lowest BCUT2D eigenvalue weighted by molar-refractivity contribution is 0.0902. The Labute approximate surface area is 276 Å². The summed E-state index contributed by atoms with van der Waals surface area (Å²) in [7, 11) is 4.60. The Bertz CT molecular complexity index is 1960. The third kappa shape index (κ3) is 6.78. The van der Waals surface area contributed by atoms with E-state index in [0.717, 1.165) is 48.7 Å². The van der Waals surface area contributed by atoms with E-state index in [4.69, 9.17) is 14.5 Å². The molecule has 1 aliphatic heterocycles. The summed E-state index contributed by atoms with van der Waals surface area (Å²) in [6.45, 7) is 9.92. The van der Waals surface area contributed by atoms with Crippen LogP contribution in [0.4, 0.5) is 5.82 Å². The second kappa shape index (κ2) is 13.3. The molecule has 5 heterocycles. The number of imidazole rings is 1. The van der Waals surface area contributed by atoms with E-state index in [1.807, 2.05) is 29.0 Å². The van der Waals surface area contributed by atoms with Crippen molar-refractivity contribution in [3.05, 3.63) is 65.7 Å². The number of aromatic nitrogens is 5. The molecule has 0 saturated carbocycles. The molecular weight excluding hydrogens is 609 g/mol. The van der Waals surface area contributed by atoms with Gasteiger partial charge in [0, 0.05) is 56.5 Å². The van der Waals surface area contributed by atoms with Gasteiger partial charge in [0.1, 0.15) is 18.1 Å².